The summed E-state index contributed by atoms with van der Waals surface area (Å²) >= 11 is 0. The number of carbonyl (C=O) groups excluding carboxylic acids is 2. The first-order chi connectivity index (χ1) is 11.3. The highest BCUT2D eigenvalue weighted by Crippen LogP contribution is 2.15. The molecule has 24 heavy (non-hydrogen) atoms. The summed E-state index contributed by atoms with van der Waals surface area (Å²) < 4.78 is 1.69. The number of nitrogens with one attached hydrogen (secondary N) is 1. The molecule has 1 aliphatic rings. The van der Waals surface area contributed by atoms with Crippen molar-refractivity contribution in [2.24, 2.45) is 0 Å². The van der Waals surface area contributed by atoms with Crippen LogP contribution in [0.2, 0.25) is 0 Å². The van der Waals surface area contributed by atoms with Crippen molar-refractivity contribution in [2.45, 2.75) is 26.3 Å². The minimum atomic E-state index is -0.263. The molecule has 0 radical (unpaired) electrons. The van der Waals surface area contributed by atoms with Gasteiger partial charge in [-0.3, -0.25) is 4.79 Å². The molecule has 2 aromatic heterocycles. The minimum Gasteiger partial charge on any atom is -0.335 e. The van der Waals surface area contributed by atoms with Crippen LogP contribution in [0.25, 0.3) is 5.52 Å². The topological polar surface area (TPSA) is 70.0 Å². The van der Waals surface area contributed by atoms with Crippen molar-refractivity contribution in [1.29, 1.82) is 0 Å². The first kappa shape index (κ1) is 16.3. The average Bonchev–Trinajstić information content (AvgIpc) is 2.97. The number of hydrogen-bond acceptors (Lipinski definition) is 3. The lowest BCUT2D eigenvalue weighted by atomic mass is 10.1. The molecule has 0 aliphatic carbocycles. The molecule has 0 aromatic carbocycles. The second kappa shape index (κ2) is 6.14. The maximum Gasteiger partial charge on any atom is 0.317 e. The summed E-state index contributed by atoms with van der Waals surface area (Å²) in [5.74, 6) is -0.0351. The van der Waals surface area contributed by atoms with Crippen LogP contribution in [-0.2, 0) is 0 Å². The van der Waals surface area contributed by atoms with Gasteiger partial charge in [-0.15, -0.1) is 0 Å². The molecule has 7 heteroatoms. The van der Waals surface area contributed by atoms with Gasteiger partial charge in [-0.2, -0.15) is 5.10 Å². The fraction of sp³-hybridized carbons (Fsp3) is 0.471. The minimum absolute atomic E-state index is 0.0351. The average molecular weight is 329 g/mol. The van der Waals surface area contributed by atoms with E-state index < -0.39 is 0 Å². The molecule has 1 N–H and O–H groups in total. The number of hydrogen-bond donors (Lipinski definition) is 1. The number of amides is 3. The lowest BCUT2D eigenvalue weighted by Crippen LogP contribution is -2.56. The van der Waals surface area contributed by atoms with Gasteiger partial charge in [0.05, 0.1) is 17.3 Å². The highest BCUT2D eigenvalue weighted by atomic mass is 16.2. The zero-order valence-electron chi connectivity index (χ0n) is 14.3. The molecule has 7 nitrogen and oxygen atoms in total. The number of aromatic nitrogens is 2. The second-order valence-corrected chi connectivity index (χ2v) is 7.05. The number of carbonyl (C=O) groups is 2. The Bertz CT molecular complexity index is 754. The lowest BCUT2D eigenvalue weighted by Gasteiger charge is -2.36. The third-order valence-corrected chi connectivity index (χ3v) is 3.99. The number of pyridine rings is 1. The van der Waals surface area contributed by atoms with Crippen LogP contribution in [0.1, 0.15) is 31.1 Å². The van der Waals surface area contributed by atoms with E-state index in [0.717, 1.165) is 5.52 Å². The van der Waals surface area contributed by atoms with Gasteiger partial charge in [0, 0.05) is 37.9 Å². The molecule has 1 fully saturated rings. The van der Waals surface area contributed by atoms with Crippen LogP contribution in [0.3, 0.4) is 0 Å². The highest BCUT2D eigenvalue weighted by molar-refractivity contribution is 6.00. The van der Waals surface area contributed by atoms with E-state index in [2.05, 4.69) is 10.4 Å². The van der Waals surface area contributed by atoms with Gasteiger partial charge in [0.2, 0.25) is 0 Å². The SMILES string of the molecule is CC(C)(C)NC(=O)N1CCN(C(=O)c2cnn3ccccc23)CC1. The van der Waals surface area contributed by atoms with E-state index in [0.29, 0.717) is 31.7 Å². The monoisotopic (exact) mass is 329 g/mol. The summed E-state index contributed by atoms with van der Waals surface area (Å²) in [5.41, 5.74) is 1.14. The molecular weight excluding hydrogens is 306 g/mol. The van der Waals surface area contributed by atoms with Crippen molar-refractivity contribution in [3.8, 4) is 0 Å². The van der Waals surface area contributed by atoms with E-state index in [-0.39, 0.29) is 17.5 Å². The molecule has 0 unspecified atom stereocenters. The quantitative estimate of drug-likeness (QED) is 0.864. The van der Waals surface area contributed by atoms with Crippen LogP contribution in [0.15, 0.2) is 30.6 Å². The van der Waals surface area contributed by atoms with Crippen LogP contribution < -0.4 is 5.32 Å². The smallest absolute Gasteiger partial charge is 0.317 e. The molecule has 3 rings (SSSR count). The summed E-state index contributed by atoms with van der Waals surface area (Å²) in [6, 6.07) is 5.57. The molecule has 0 spiro atoms. The Morgan fingerprint density at radius 1 is 1.08 bits per heavy atom. The third-order valence-electron chi connectivity index (χ3n) is 3.99. The van der Waals surface area contributed by atoms with Crippen LogP contribution in [0, 0.1) is 0 Å². The first-order valence-electron chi connectivity index (χ1n) is 8.14. The van der Waals surface area contributed by atoms with Crippen molar-refractivity contribution in [3.05, 3.63) is 36.2 Å². The maximum atomic E-state index is 12.7. The predicted molar refractivity (Wildman–Crippen MR) is 91.0 cm³/mol. The van der Waals surface area contributed by atoms with Crippen molar-refractivity contribution >= 4 is 17.5 Å². The van der Waals surface area contributed by atoms with Gasteiger partial charge in [-0.25, -0.2) is 9.31 Å². The van der Waals surface area contributed by atoms with E-state index in [9.17, 15) is 9.59 Å². The Morgan fingerprint density at radius 2 is 1.75 bits per heavy atom. The summed E-state index contributed by atoms with van der Waals surface area (Å²) in [7, 11) is 0. The maximum absolute atomic E-state index is 12.7. The van der Waals surface area contributed by atoms with E-state index in [4.69, 9.17) is 0 Å². The van der Waals surface area contributed by atoms with Crippen LogP contribution in [0.4, 0.5) is 4.79 Å². The summed E-state index contributed by atoms with van der Waals surface area (Å²) in [5, 5.41) is 7.17. The van der Waals surface area contributed by atoms with Gasteiger partial charge in [-0.1, -0.05) is 6.07 Å². The molecule has 3 amide bonds. The zero-order valence-corrected chi connectivity index (χ0v) is 14.3. The van der Waals surface area contributed by atoms with E-state index in [1.165, 1.54) is 0 Å². The Kier molecular flexibility index (Phi) is 4.17. The number of urea groups is 1. The van der Waals surface area contributed by atoms with Gasteiger partial charge in [0.25, 0.3) is 5.91 Å². The molecule has 0 bridgehead atoms. The van der Waals surface area contributed by atoms with E-state index in [1.807, 2.05) is 45.2 Å². The third kappa shape index (κ3) is 3.34. The number of fused-ring (bicyclic) bond motifs is 1. The lowest BCUT2D eigenvalue weighted by molar-refractivity contribution is 0.0663. The molecule has 1 aliphatic heterocycles. The zero-order chi connectivity index (χ0) is 17.3. The Balaban J connectivity index is 1.64. The number of piperazine rings is 1. The highest BCUT2D eigenvalue weighted by Gasteiger charge is 2.27. The fourth-order valence-electron chi connectivity index (χ4n) is 2.78. The van der Waals surface area contributed by atoms with Crippen molar-refractivity contribution in [3.63, 3.8) is 0 Å². The Hall–Kier alpha value is -2.57. The van der Waals surface area contributed by atoms with Crippen LogP contribution in [-0.4, -0.2) is 63.1 Å². The summed E-state index contributed by atoms with van der Waals surface area (Å²) in [6.07, 6.45) is 3.43. The first-order valence-corrected chi connectivity index (χ1v) is 8.14. The number of rotatable bonds is 1. The van der Waals surface area contributed by atoms with Crippen molar-refractivity contribution in [1.82, 2.24) is 24.7 Å². The molecule has 0 saturated carbocycles. The molecule has 2 aromatic rings. The van der Waals surface area contributed by atoms with Crippen molar-refractivity contribution < 1.29 is 9.59 Å². The van der Waals surface area contributed by atoms with Gasteiger partial charge >= 0.3 is 6.03 Å². The Labute approximate surface area is 141 Å². The molecule has 0 atom stereocenters. The Morgan fingerprint density at radius 3 is 2.42 bits per heavy atom. The van der Waals surface area contributed by atoms with E-state index in [1.54, 1.807) is 20.5 Å². The van der Waals surface area contributed by atoms with Crippen LogP contribution in [0.5, 0.6) is 0 Å². The number of nitrogens with zero attached hydrogens (tertiary/aromatic N) is 4. The van der Waals surface area contributed by atoms with Gasteiger partial charge in [-0.05, 0) is 32.9 Å². The molecule has 3 heterocycles. The second-order valence-electron chi connectivity index (χ2n) is 7.05. The van der Waals surface area contributed by atoms with Gasteiger partial charge < -0.3 is 15.1 Å². The summed E-state index contributed by atoms with van der Waals surface area (Å²) in [6.45, 7) is 7.99. The van der Waals surface area contributed by atoms with Gasteiger partial charge in [0.15, 0.2) is 0 Å². The molecular formula is C17H23N5O2. The molecule has 128 valence electrons. The van der Waals surface area contributed by atoms with Crippen molar-refractivity contribution in [2.75, 3.05) is 26.2 Å². The predicted octanol–water partition coefficient (Wildman–Crippen LogP) is 1.60. The standard InChI is InChI=1S/C17H23N5O2/c1-17(2,3)19-16(24)21-10-8-20(9-11-21)15(23)13-12-18-22-7-5-4-6-14(13)22/h4-7,12H,8-11H2,1-3H3,(H,19,24). The van der Waals surface area contributed by atoms with E-state index >= 15 is 0 Å². The van der Waals surface area contributed by atoms with Gasteiger partial charge in [0.1, 0.15) is 0 Å². The van der Waals surface area contributed by atoms with Crippen LogP contribution >= 0.6 is 0 Å². The largest absolute Gasteiger partial charge is 0.335 e. The fourth-order valence-corrected chi connectivity index (χ4v) is 2.78. The summed E-state index contributed by atoms with van der Waals surface area (Å²) in [4.78, 5) is 28.5. The normalized spacial score (nSPS) is 15.6. The molecule has 1 saturated heterocycles.